The average molecular weight is 218 g/mol. The highest BCUT2D eigenvalue weighted by Crippen LogP contribution is 2.17. The fourth-order valence-electron chi connectivity index (χ4n) is 1.49. The second kappa shape index (κ2) is 3.69. The zero-order valence-corrected chi connectivity index (χ0v) is 8.44. The second-order valence-corrected chi connectivity index (χ2v) is 3.26. The van der Waals surface area contributed by atoms with Gasteiger partial charge in [0.05, 0.1) is 24.3 Å². The number of fused-ring (bicyclic) bond motifs is 1. The average Bonchev–Trinajstić information content (AvgIpc) is 2.70. The maximum absolute atomic E-state index is 11.2. The molecule has 0 fully saturated rings. The van der Waals surface area contributed by atoms with E-state index in [9.17, 15) is 14.7 Å². The predicted octanol–water partition coefficient (Wildman–Crippen LogP) is 0.318. The minimum atomic E-state index is -1.28. The van der Waals surface area contributed by atoms with Crippen LogP contribution in [0, 0.1) is 0 Å². The number of H-pyrrole nitrogens is 1. The molecule has 1 aromatic heterocycles. The molecule has 5 nitrogen and oxygen atoms in total. The zero-order valence-electron chi connectivity index (χ0n) is 8.44. The van der Waals surface area contributed by atoms with Gasteiger partial charge in [-0.15, -0.1) is 0 Å². The van der Waals surface area contributed by atoms with Crippen LogP contribution in [0.5, 0.6) is 0 Å². The molecule has 16 heavy (non-hydrogen) atoms. The molecule has 1 heterocycles. The van der Waals surface area contributed by atoms with Crippen LogP contribution in [0.2, 0.25) is 0 Å². The number of carboxylic acid groups (broad SMARTS) is 1. The Morgan fingerprint density at radius 1 is 1.31 bits per heavy atom. The lowest BCUT2D eigenvalue weighted by Crippen LogP contribution is -2.22. The van der Waals surface area contributed by atoms with Gasteiger partial charge in [0.2, 0.25) is 0 Å². The maximum Gasteiger partial charge on any atom is 0.337 e. The lowest BCUT2D eigenvalue weighted by atomic mass is 10.1. The minimum Gasteiger partial charge on any atom is -0.543 e. The normalized spacial score (nSPS) is 10.3. The SMILES string of the molecule is COC(=O)c1ccc2[nH]c(C(=O)[O-])cc2c1. The van der Waals surface area contributed by atoms with Crippen LogP contribution in [-0.4, -0.2) is 24.0 Å². The Bertz CT molecular complexity index is 570. The molecular formula is C11H8NO4-. The van der Waals surface area contributed by atoms with Crippen LogP contribution < -0.4 is 5.11 Å². The van der Waals surface area contributed by atoms with Crippen LogP contribution in [0.4, 0.5) is 0 Å². The summed E-state index contributed by atoms with van der Waals surface area (Å²) in [5.41, 5.74) is 0.989. The monoisotopic (exact) mass is 218 g/mol. The molecule has 0 aliphatic heterocycles. The van der Waals surface area contributed by atoms with Crippen molar-refractivity contribution in [3.8, 4) is 0 Å². The first-order valence-corrected chi connectivity index (χ1v) is 4.54. The van der Waals surface area contributed by atoms with Gasteiger partial charge in [0, 0.05) is 10.9 Å². The number of aromatic amines is 1. The van der Waals surface area contributed by atoms with Crippen molar-refractivity contribution in [3.05, 3.63) is 35.5 Å². The Labute approximate surface area is 90.6 Å². The van der Waals surface area contributed by atoms with E-state index in [-0.39, 0.29) is 5.69 Å². The van der Waals surface area contributed by atoms with Gasteiger partial charge in [0.25, 0.3) is 0 Å². The number of carboxylic acids is 1. The molecular weight excluding hydrogens is 210 g/mol. The van der Waals surface area contributed by atoms with Gasteiger partial charge in [-0.2, -0.15) is 0 Å². The number of carbonyl (C=O) groups is 2. The summed E-state index contributed by atoms with van der Waals surface area (Å²) >= 11 is 0. The molecule has 82 valence electrons. The number of hydrogen-bond donors (Lipinski definition) is 1. The van der Waals surface area contributed by atoms with Gasteiger partial charge in [-0.25, -0.2) is 4.79 Å². The predicted molar refractivity (Wildman–Crippen MR) is 54.0 cm³/mol. The van der Waals surface area contributed by atoms with Gasteiger partial charge >= 0.3 is 5.97 Å². The fraction of sp³-hybridized carbons (Fsp3) is 0.0909. The Morgan fingerprint density at radius 2 is 2.06 bits per heavy atom. The molecule has 2 rings (SSSR count). The summed E-state index contributed by atoms with van der Waals surface area (Å²) in [4.78, 5) is 24.5. The second-order valence-electron chi connectivity index (χ2n) is 3.26. The number of benzene rings is 1. The topological polar surface area (TPSA) is 82.2 Å². The highest BCUT2D eigenvalue weighted by molar-refractivity contribution is 5.97. The van der Waals surface area contributed by atoms with Crippen LogP contribution in [0.15, 0.2) is 24.3 Å². The van der Waals surface area contributed by atoms with Gasteiger partial charge < -0.3 is 19.6 Å². The quantitative estimate of drug-likeness (QED) is 0.736. The van der Waals surface area contributed by atoms with Crippen molar-refractivity contribution in [1.82, 2.24) is 4.98 Å². The number of ether oxygens (including phenoxy) is 1. The number of methoxy groups -OCH3 is 1. The van der Waals surface area contributed by atoms with E-state index in [0.29, 0.717) is 16.5 Å². The van der Waals surface area contributed by atoms with E-state index in [1.165, 1.54) is 13.2 Å². The van der Waals surface area contributed by atoms with Crippen LogP contribution in [0.1, 0.15) is 20.8 Å². The minimum absolute atomic E-state index is 0.0167. The maximum atomic E-state index is 11.2. The molecule has 1 N–H and O–H groups in total. The Morgan fingerprint density at radius 3 is 2.69 bits per heavy atom. The van der Waals surface area contributed by atoms with Crippen LogP contribution in [0.3, 0.4) is 0 Å². The van der Waals surface area contributed by atoms with E-state index in [1.807, 2.05) is 0 Å². The van der Waals surface area contributed by atoms with Crippen molar-refractivity contribution < 1.29 is 19.4 Å². The van der Waals surface area contributed by atoms with Crippen LogP contribution in [-0.2, 0) is 4.74 Å². The highest BCUT2D eigenvalue weighted by atomic mass is 16.5. The summed E-state index contributed by atoms with van der Waals surface area (Å²) in [7, 11) is 1.29. The number of aromatic carboxylic acids is 1. The molecule has 0 saturated carbocycles. The first-order valence-electron chi connectivity index (χ1n) is 4.54. The van der Waals surface area contributed by atoms with Crippen LogP contribution in [0.25, 0.3) is 10.9 Å². The zero-order chi connectivity index (χ0) is 11.7. The number of aromatic nitrogens is 1. The summed E-state index contributed by atoms with van der Waals surface area (Å²) in [5.74, 6) is -1.74. The van der Waals surface area contributed by atoms with Crippen molar-refractivity contribution in [3.63, 3.8) is 0 Å². The molecule has 0 radical (unpaired) electrons. The lowest BCUT2D eigenvalue weighted by Gasteiger charge is -1.98. The van der Waals surface area contributed by atoms with Gasteiger partial charge in [0.1, 0.15) is 0 Å². The van der Waals surface area contributed by atoms with Crippen molar-refractivity contribution in [2.24, 2.45) is 0 Å². The smallest absolute Gasteiger partial charge is 0.337 e. The van der Waals surface area contributed by atoms with E-state index < -0.39 is 11.9 Å². The molecule has 1 aromatic carbocycles. The number of esters is 1. The molecule has 0 aliphatic carbocycles. The molecule has 0 spiro atoms. The number of carbonyl (C=O) groups excluding carboxylic acids is 2. The standard InChI is InChI=1S/C11H9NO4/c1-16-11(15)6-2-3-8-7(4-6)5-9(12-8)10(13)14/h2-5,12H,1H3,(H,13,14)/p-1. The summed E-state index contributed by atoms with van der Waals surface area (Å²) in [5, 5.41) is 11.2. The largest absolute Gasteiger partial charge is 0.543 e. The van der Waals surface area contributed by atoms with E-state index in [2.05, 4.69) is 9.72 Å². The molecule has 0 atom stereocenters. The highest BCUT2D eigenvalue weighted by Gasteiger charge is 2.07. The molecule has 0 amide bonds. The van der Waals surface area contributed by atoms with E-state index in [0.717, 1.165) is 0 Å². The molecule has 0 aliphatic rings. The van der Waals surface area contributed by atoms with Crippen molar-refractivity contribution >= 4 is 22.8 Å². The van der Waals surface area contributed by atoms with Crippen molar-refractivity contribution in [1.29, 1.82) is 0 Å². The molecule has 5 heteroatoms. The fourth-order valence-corrected chi connectivity index (χ4v) is 1.49. The van der Waals surface area contributed by atoms with Gasteiger partial charge in [-0.05, 0) is 24.3 Å². The molecule has 0 saturated heterocycles. The van der Waals surface area contributed by atoms with Gasteiger partial charge in [-0.1, -0.05) is 0 Å². The summed E-state index contributed by atoms with van der Waals surface area (Å²) < 4.78 is 4.56. The Kier molecular flexibility index (Phi) is 2.36. The van der Waals surface area contributed by atoms with Crippen LogP contribution >= 0.6 is 0 Å². The Balaban J connectivity index is 2.53. The summed E-state index contributed by atoms with van der Waals surface area (Å²) in [6.07, 6.45) is 0. The number of nitrogens with one attached hydrogen (secondary N) is 1. The molecule has 0 unspecified atom stereocenters. The summed E-state index contributed by atoms with van der Waals surface area (Å²) in [6.45, 7) is 0. The van der Waals surface area contributed by atoms with Gasteiger partial charge in [-0.3, -0.25) is 0 Å². The third-order valence-electron chi connectivity index (χ3n) is 2.26. The molecule has 0 bridgehead atoms. The van der Waals surface area contributed by atoms with Gasteiger partial charge in [0.15, 0.2) is 0 Å². The number of hydrogen-bond acceptors (Lipinski definition) is 4. The first kappa shape index (κ1) is 10.2. The van der Waals surface area contributed by atoms with E-state index >= 15 is 0 Å². The number of rotatable bonds is 2. The van der Waals surface area contributed by atoms with E-state index in [4.69, 9.17) is 0 Å². The first-order chi connectivity index (χ1) is 7.61. The lowest BCUT2D eigenvalue weighted by molar-refractivity contribution is -0.255. The Hall–Kier alpha value is -2.30. The summed E-state index contributed by atoms with van der Waals surface area (Å²) in [6, 6.07) is 6.15. The van der Waals surface area contributed by atoms with E-state index in [1.54, 1.807) is 18.2 Å². The molecule has 2 aromatic rings. The third kappa shape index (κ3) is 1.63. The van der Waals surface area contributed by atoms with Crippen molar-refractivity contribution in [2.75, 3.05) is 7.11 Å². The van der Waals surface area contributed by atoms with Crippen molar-refractivity contribution in [2.45, 2.75) is 0 Å². The third-order valence-corrected chi connectivity index (χ3v) is 2.26.